The second kappa shape index (κ2) is 8.93. The van der Waals surface area contributed by atoms with E-state index in [-0.39, 0.29) is 29.8 Å². The number of hydrogen-bond acceptors (Lipinski definition) is 6. The van der Waals surface area contributed by atoms with E-state index in [1.165, 1.54) is 0 Å². The monoisotopic (exact) mass is 362 g/mol. The standard InChI is InChI=1S/C18H30N6O2/c1-11(2)7-12-8-15(23-18(19)22-12)17(26)21-10-14-6-5-13(24(14)4)9-16(25)20-3/h8,11,13-14H,5-7,9-10H2,1-4H3,(H,20,25)(H,21,26)(H2,19,22,23)/t13-,14+/m1/s1. The minimum atomic E-state index is -0.243. The maximum absolute atomic E-state index is 12.5. The van der Waals surface area contributed by atoms with Gasteiger partial charge in [-0.3, -0.25) is 14.5 Å². The van der Waals surface area contributed by atoms with Gasteiger partial charge in [0.1, 0.15) is 5.69 Å². The highest BCUT2D eigenvalue weighted by Crippen LogP contribution is 2.24. The molecule has 0 spiro atoms. The van der Waals surface area contributed by atoms with Crippen LogP contribution in [-0.2, 0) is 11.2 Å². The van der Waals surface area contributed by atoms with Crippen LogP contribution in [0.15, 0.2) is 6.07 Å². The molecule has 2 atom stereocenters. The highest BCUT2D eigenvalue weighted by molar-refractivity contribution is 5.92. The number of aromatic nitrogens is 2. The highest BCUT2D eigenvalue weighted by atomic mass is 16.2. The second-order valence-electron chi connectivity index (χ2n) is 7.34. The summed E-state index contributed by atoms with van der Waals surface area (Å²) in [4.78, 5) is 34.5. The van der Waals surface area contributed by atoms with Crippen LogP contribution in [0.5, 0.6) is 0 Å². The smallest absolute Gasteiger partial charge is 0.270 e. The van der Waals surface area contributed by atoms with Crippen LogP contribution in [0.4, 0.5) is 5.95 Å². The molecule has 8 heteroatoms. The topological polar surface area (TPSA) is 113 Å². The van der Waals surface area contributed by atoms with Crippen LogP contribution in [-0.4, -0.2) is 59.4 Å². The lowest BCUT2D eigenvalue weighted by Gasteiger charge is -2.25. The van der Waals surface area contributed by atoms with Crippen molar-refractivity contribution in [2.75, 3.05) is 26.4 Å². The van der Waals surface area contributed by atoms with Gasteiger partial charge in [-0.2, -0.15) is 0 Å². The Balaban J connectivity index is 1.92. The Hall–Kier alpha value is -2.22. The largest absolute Gasteiger partial charge is 0.368 e. The Morgan fingerprint density at radius 3 is 2.65 bits per heavy atom. The fourth-order valence-corrected chi connectivity index (χ4v) is 3.36. The van der Waals surface area contributed by atoms with Gasteiger partial charge in [0.2, 0.25) is 11.9 Å². The zero-order valence-electron chi connectivity index (χ0n) is 16.1. The first-order valence-corrected chi connectivity index (χ1v) is 9.14. The predicted octanol–water partition coefficient (Wildman–Crippen LogP) is 0.586. The number of nitrogens with one attached hydrogen (secondary N) is 2. The fourth-order valence-electron chi connectivity index (χ4n) is 3.36. The first kappa shape index (κ1) is 20.1. The number of nitrogens with two attached hydrogens (primary N) is 1. The summed E-state index contributed by atoms with van der Waals surface area (Å²) in [5.74, 6) is 0.342. The van der Waals surface area contributed by atoms with Gasteiger partial charge in [0, 0.05) is 37.8 Å². The van der Waals surface area contributed by atoms with E-state index in [0.717, 1.165) is 25.0 Å². The highest BCUT2D eigenvalue weighted by Gasteiger charge is 2.31. The quantitative estimate of drug-likeness (QED) is 0.654. The molecule has 1 aromatic heterocycles. The number of rotatable bonds is 7. The van der Waals surface area contributed by atoms with Crippen molar-refractivity contribution in [2.24, 2.45) is 5.92 Å². The molecule has 0 saturated carbocycles. The number of nitrogen functional groups attached to an aromatic ring is 1. The Bertz CT molecular complexity index is 649. The molecule has 1 aromatic rings. The van der Waals surface area contributed by atoms with Gasteiger partial charge in [-0.15, -0.1) is 0 Å². The Labute approximate surface area is 154 Å². The first-order chi connectivity index (χ1) is 12.3. The van der Waals surface area contributed by atoms with Crippen molar-refractivity contribution in [2.45, 2.75) is 51.6 Å². The second-order valence-corrected chi connectivity index (χ2v) is 7.34. The number of carbonyl (C=O) groups is 2. The minimum absolute atomic E-state index is 0.0423. The summed E-state index contributed by atoms with van der Waals surface area (Å²) in [6.07, 6.45) is 3.13. The van der Waals surface area contributed by atoms with Crippen LogP contribution in [0.3, 0.4) is 0 Å². The maximum Gasteiger partial charge on any atom is 0.270 e. The van der Waals surface area contributed by atoms with Gasteiger partial charge < -0.3 is 16.4 Å². The third kappa shape index (κ3) is 5.39. The zero-order valence-corrected chi connectivity index (χ0v) is 16.1. The van der Waals surface area contributed by atoms with Crippen LogP contribution >= 0.6 is 0 Å². The van der Waals surface area contributed by atoms with Crippen LogP contribution in [0, 0.1) is 5.92 Å². The number of carbonyl (C=O) groups excluding carboxylic acids is 2. The molecule has 2 amide bonds. The van der Waals surface area contributed by atoms with E-state index in [0.29, 0.717) is 24.6 Å². The van der Waals surface area contributed by atoms with Crippen molar-refractivity contribution in [3.05, 3.63) is 17.5 Å². The molecule has 0 bridgehead atoms. The summed E-state index contributed by atoms with van der Waals surface area (Å²) >= 11 is 0. The SMILES string of the molecule is CNC(=O)C[C@H]1CC[C@@H](CNC(=O)c2cc(CC(C)C)nc(N)n2)N1C. The number of nitrogens with zero attached hydrogens (tertiary/aromatic N) is 3. The van der Waals surface area contributed by atoms with Crippen LogP contribution in [0.2, 0.25) is 0 Å². The molecule has 1 saturated heterocycles. The number of amides is 2. The molecule has 8 nitrogen and oxygen atoms in total. The Morgan fingerprint density at radius 2 is 2.00 bits per heavy atom. The third-order valence-electron chi connectivity index (χ3n) is 4.83. The van der Waals surface area contributed by atoms with Gasteiger partial charge in [0.05, 0.1) is 0 Å². The summed E-state index contributed by atoms with van der Waals surface area (Å²) in [5.41, 5.74) is 6.82. The van der Waals surface area contributed by atoms with E-state index in [1.807, 2.05) is 7.05 Å². The van der Waals surface area contributed by atoms with Gasteiger partial charge in [0.15, 0.2) is 0 Å². The Morgan fingerprint density at radius 1 is 1.31 bits per heavy atom. The summed E-state index contributed by atoms with van der Waals surface area (Å²) < 4.78 is 0. The first-order valence-electron chi connectivity index (χ1n) is 9.14. The van der Waals surface area contributed by atoms with E-state index >= 15 is 0 Å². The van der Waals surface area contributed by atoms with E-state index in [9.17, 15) is 9.59 Å². The van der Waals surface area contributed by atoms with E-state index in [2.05, 4.69) is 39.3 Å². The molecule has 1 aliphatic rings. The normalized spacial score (nSPS) is 20.3. The van der Waals surface area contributed by atoms with Crippen molar-refractivity contribution >= 4 is 17.8 Å². The van der Waals surface area contributed by atoms with Gasteiger partial charge in [-0.05, 0) is 38.3 Å². The molecule has 0 unspecified atom stereocenters. The molecule has 4 N–H and O–H groups in total. The molecule has 0 aromatic carbocycles. The lowest BCUT2D eigenvalue weighted by molar-refractivity contribution is -0.121. The van der Waals surface area contributed by atoms with Crippen molar-refractivity contribution in [1.82, 2.24) is 25.5 Å². The van der Waals surface area contributed by atoms with E-state index in [1.54, 1.807) is 13.1 Å². The molecular formula is C18H30N6O2. The molecule has 26 heavy (non-hydrogen) atoms. The molecule has 2 heterocycles. The van der Waals surface area contributed by atoms with Crippen molar-refractivity contribution in [3.63, 3.8) is 0 Å². The van der Waals surface area contributed by atoms with Crippen molar-refractivity contribution < 1.29 is 9.59 Å². The lowest BCUT2D eigenvalue weighted by atomic mass is 10.1. The summed E-state index contributed by atoms with van der Waals surface area (Å²) in [6.45, 7) is 4.69. The molecule has 0 aliphatic carbocycles. The number of hydrogen-bond donors (Lipinski definition) is 3. The number of likely N-dealkylation sites (N-methyl/N-ethyl adjacent to an activating group) is 1. The van der Waals surface area contributed by atoms with Crippen LogP contribution in [0.1, 0.15) is 49.3 Å². The fraction of sp³-hybridized carbons (Fsp3) is 0.667. The Kier molecular flexibility index (Phi) is 6.90. The van der Waals surface area contributed by atoms with Gasteiger partial charge >= 0.3 is 0 Å². The average molecular weight is 362 g/mol. The van der Waals surface area contributed by atoms with Gasteiger partial charge in [0.25, 0.3) is 5.91 Å². The summed E-state index contributed by atoms with van der Waals surface area (Å²) in [6, 6.07) is 2.13. The molecular weight excluding hydrogens is 332 g/mol. The average Bonchev–Trinajstić information content (AvgIpc) is 2.91. The number of anilines is 1. The summed E-state index contributed by atoms with van der Waals surface area (Å²) in [5, 5.41) is 5.60. The molecule has 0 radical (unpaired) electrons. The lowest BCUT2D eigenvalue weighted by Crippen LogP contribution is -2.42. The zero-order chi connectivity index (χ0) is 19.3. The molecule has 144 valence electrons. The van der Waals surface area contributed by atoms with E-state index < -0.39 is 0 Å². The number of likely N-dealkylation sites (tertiary alicyclic amines) is 1. The minimum Gasteiger partial charge on any atom is -0.368 e. The van der Waals surface area contributed by atoms with Gasteiger partial charge in [-0.1, -0.05) is 13.8 Å². The van der Waals surface area contributed by atoms with Gasteiger partial charge in [-0.25, -0.2) is 9.97 Å². The molecule has 1 aliphatic heterocycles. The summed E-state index contributed by atoms with van der Waals surface area (Å²) in [7, 11) is 3.65. The van der Waals surface area contributed by atoms with Crippen molar-refractivity contribution in [1.29, 1.82) is 0 Å². The molecule has 2 rings (SSSR count). The van der Waals surface area contributed by atoms with E-state index in [4.69, 9.17) is 5.73 Å². The van der Waals surface area contributed by atoms with Crippen molar-refractivity contribution in [3.8, 4) is 0 Å². The third-order valence-corrected chi connectivity index (χ3v) is 4.83. The van der Waals surface area contributed by atoms with Crippen LogP contribution in [0.25, 0.3) is 0 Å². The maximum atomic E-state index is 12.5. The molecule has 1 fully saturated rings. The van der Waals surface area contributed by atoms with Crippen LogP contribution < -0.4 is 16.4 Å². The predicted molar refractivity (Wildman–Crippen MR) is 101 cm³/mol.